The molecule has 0 radical (unpaired) electrons. The second-order valence-corrected chi connectivity index (χ2v) is 11.9. The van der Waals surface area contributed by atoms with Gasteiger partial charge in [-0.05, 0) is 82.0 Å². The standard InChI is InChI=1S/C34H40N8O3/c1-6-29(43)35-24-17-15-23(16-18-24)32(44)37-26-14-10-13-25(19-26)36-31-27-20-42(34(2,3)30(27)39-40-31)33(45)38-28(21-41(4)5)22-11-8-7-9-12-22/h6-19,28,31,36,39-40H,1,20-21H2,2-5H3,(H,35,43)(H,37,44)(H,38,45)/t28-,31?/m1/s1. The van der Waals surface area contributed by atoms with Gasteiger partial charge in [0.2, 0.25) is 5.91 Å². The Labute approximate surface area is 263 Å². The molecule has 2 heterocycles. The quantitative estimate of drug-likeness (QED) is 0.190. The van der Waals surface area contributed by atoms with Crippen molar-refractivity contribution in [2.24, 2.45) is 0 Å². The van der Waals surface area contributed by atoms with Gasteiger partial charge in [-0.25, -0.2) is 10.2 Å². The third-order valence-corrected chi connectivity index (χ3v) is 7.95. The number of carbonyl (C=O) groups is 3. The van der Waals surface area contributed by atoms with Crippen LogP contribution in [-0.2, 0) is 4.79 Å². The maximum atomic E-state index is 13.7. The monoisotopic (exact) mass is 608 g/mol. The van der Waals surface area contributed by atoms with Crippen molar-refractivity contribution in [1.29, 1.82) is 0 Å². The molecule has 2 atom stereocenters. The Morgan fingerprint density at radius 1 is 0.978 bits per heavy atom. The zero-order valence-corrected chi connectivity index (χ0v) is 26.0. The van der Waals surface area contributed by atoms with Crippen molar-refractivity contribution < 1.29 is 14.4 Å². The van der Waals surface area contributed by atoms with Crippen LogP contribution in [0, 0.1) is 0 Å². The van der Waals surface area contributed by atoms with Gasteiger partial charge in [0.15, 0.2) is 0 Å². The lowest BCUT2D eigenvalue weighted by Crippen LogP contribution is -2.55. The van der Waals surface area contributed by atoms with E-state index in [1.165, 1.54) is 6.08 Å². The minimum Gasteiger partial charge on any atom is -0.365 e. The molecule has 0 fully saturated rings. The first-order valence-electron chi connectivity index (χ1n) is 14.8. The van der Waals surface area contributed by atoms with Gasteiger partial charge in [-0.15, -0.1) is 0 Å². The Balaban J connectivity index is 1.23. The molecule has 0 aromatic heterocycles. The number of carbonyl (C=O) groups excluding carboxylic acids is 3. The van der Waals surface area contributed by atoms with E-state index in [1.807, 2.05) is 87.4 Å². The predicted octanol–water partition coefficient (Wildman–Crippen LogP) is 4.27. The summed E-state index contributed by atoms with van der Waals surface area (Å²) in [6, 6.07) is 23.8. The molecule has 1 unspecified atom stereocenters. The molecule has 0 spiro atoms. The third kappa shape index (κ3) is 7.17. The van der Waals surface area contributed by atoms with E-state index in [1.54, 1.807) is 24.3 Å². The van der Waals surface area contributed by atoms with Crippen molar-refractivity contribution in [3.8, 4) is 0 Å². The van der Waals surface area contributed by atoms with Crippen LogP contribution in [0.3, 0.4) is 0 Å². The maximum absolute atomic E-state index is 13.7. The van der Waals surface area contributed by atoms with Crippen molar-refractivity contribution in [2.75, 3.05) is 43.1 Å². The van der Waals surface area contributed by atoms with Crippen LogP contribution in [-0.4, -0.2) is 66.5 Å². The van der Waals surface area contributed by atoms with Crippen molar-refractivity contribution >= 4 is 34.9 Å². The summed E-state index contributed by atoms with van der Waals surface area (Å²) < 4.78 is 0. The number of hydrogen-bond donors (Lipinski definition) is 6. The van der Waals surface area contributed by atoms with Crippen LogP contribution in [0.1, 0.15) is 35.8 Å². The van der Waals surface area contributed by atoms with Gasteiger partial charge in [-0.3, -0.25) is 9.59 Å². The van der Waals surface area contributed by atoms with E-state index < -0.39 is 5.54 Å². The minimum atomic E-state index is -0.567. The lowest BCUT2D eigenvalue weighted by atomic mass is 10.0. The summed E-state index contributed by atoms with van der Waals surface area (Å²) in [4.78, 5) is 42.0. The van der Waals surface area contributed by atoms with Gasteiger partial charge in [0.1, 0.15) is 6.17 Å². The molecule has 6 N–H and O–H groups in total. The van der Waals surface area contributed by atoms with Crippen LogP contribution in [0.5, 0.6) is 0 Å². The summed E-state index contributed by atoms with van der Waals surface area (Å²) in [5, 5.41) is 12.3. The van der Waals surface area contributed by atoms with Gasteiger partial charge < -0.3 is 36.5 Å². The number of hydrazine groups is 1. The van der Waals surface area contributed by atoms with Crippen molar-refractivity contribution in [1.82, 2.24) is 26.0 Å². The first kappa shape index (κ1) is 31.3. The first-order chi connectivity index (χ1) is 21.5. The molecule has 4 amide bonds. The van der Waals surface area contributed by atoms with Crippen LogP contribution in [0.25, 0.3) is 0 Å². The van der Waals surface area contributed by atoms with E-state index in [4.69, 9.17) is 0 Å². The molecule has 11 nitrogen and oxygen atoms in total. The molecule has 2 aliphatic heterocycles. The SMILES string of the molecule is C=CC(=O)Nc1ccc(C(=O)Nc2cccc(NC3NNC4=C3CN(C(=O)N[C@H](CN(C)C)c3ccccc3)C4(C)C)c2)cc1. The number of amides is 4. The van der Waals surface area contributed by atoms with Crippen molar-refractivity contribution in [3.05, 3.63) is 114 Å². The van der Waals surface area contributed by atoms with E-state index in [0.717, 1.165) is 22.5 Å². The summed E-state index contributed by atoms with van der Waals surface area (Å²) in [6.45, 7) is 8.62. The smallest absolute Gasteiger partial charge is 0.318 e. The lowest BCUT2D eigenvalue weighted by molar-refractivity contribution is -0.111. The topological polar surface area (TPSA) is 130 Å². The van der Waals surface area contributed by atoms with Gasteiger partial charge in [0.25, 0.3) is 5.91 Å². The fourth-order valence-electron chi connectivity index (χ4n) is 5.59. The van der Waals surface area contributed by atoms with E-state index >= 15 is 0 Å². The van der Waals surface area contributed by atoms with Crippen LogP contribution in [0.15, 0.2) is 103 Å². The summed E-state index contributed by atoms with van der Waals surface area (Å²) in [5.41, 5.74) is 11.5. The number of nitrogens with zero attached hydrogens (tertiary/aromatic N) is 2. The second-order valence-electron chi connectivity index (χ2n) is 11.9. The van der Waals surface area contributed by atoms with Crippen LogP contribution >= 0.6 is 0 Å². The Kier molecular flexibility index (Phi) is 9.21. The molecule has 45 heavy (non-hydrogen) atoms. The van der Waals surface area contributed by atoms with E-state index in [9.17, 15) is 14.4 Å². The van der Waals surface area contributed by atoms with E-state index in [-0.39, 0.29) is 30.1 Å². The zero-order chi connectivity index (χ0) is 32.1. The number of likely N-dealkylation sites (N-methyl/N-ethyl adjacent to an activating group) is 1. The van der Waals surface area contributed by atoms with Crippen molar-refractivity contribution in [2.45, 2.75) is 31.6 Å². The highest BCUT2D eigenvalue weighted by Crippen LogP contribution is 2.37. The number of urea groups is 1. The Hall–Kier alpha value is -5.13. The van der Waals surface area contributed by atoms with Gasteiger partial charge in [0, 0.05) is 41.3 Å². The maximum Gasteiger partial charge on any atom is 0.318 e. The summed E-state index contributed by atoms with van der Waals surface area (Å²) in [6.07, 6.45) is 0.915. The molecule has 2 aliphatic rings. The minimum absolute atomic E-state index is 0.133. The van der Waals surface area contributed by atoms with Gasteiger partial charge in [-0.1, -0.05) is 43.0 Å². The second kappa shape index (κ2) is 13.2. The van der Waals surface area contributed by atoms with E-state index in [0.29, 0.717) is 30.0 Å². The van der Waals surface area contributed by atoms with Crippen LogP contribution in [0.2, 0.25) is 0 Å². The largest absolute Gasteiger partial charge is 0.365 e. The lowest BCUT2D eigenvalue weighted by Gasteiger charge is -2.36. The third-order valence-electron chi connectivity index (χ3n) is 7.95. The fraction of sp³-hybridized carbons (Fsp3) is 0.265. The molecule has 234 valence electrons. The van der Waals surface area contributed by atoms with Gasteiger partial charge in [-0.2, -0.15) is 0 Å². The summed E-state index contributed by atoms with van der Waals surface area (Å²) >= 11 is 0. The molecular weight excluding hydrogens is 568 g/mol. The normalized spacial score (nSPS) is 17.3. The average molecular weight is 609 g/mol. The van der Waals surface area contributed by atoms with Crippen molar-refractivity contribution in [3.63, 3.8) is 0 Å². The number of anilines is 3. The molecule has 0 saturated heterocycles. The van der Waals surface area contributed by atoms with Gasteiger partial charge in [0.05, 0.1) is 17.3 Å². The molecule has 3 aromatic carbocycles. The van der Waals surface area contributed by atoms with E-state index in [2.05, 4.69) is 43.6 Å². The molecule has 0 saturated carbocycles. The Bertz CT molecular complexity index is 1600. The molecular formula is C34H40N8O3. The number of nitrogens with one attached hydrogen (secondary N) is 6. The summed E-state index contributed by atoms with van der Waals surface area (Å²) in [7, 11) is 3.99. The van der Waals surface area contributed by atoms with Crippen LogP contribution < -0.4 is 32.1 Å². The highest BCUT2D eigenvalue weighted by atomic mass is 16.2. The van der Waals surface area contributed by atoms with Crippen LogP contribution in [0.4, 0.5) is 21.9 Å². The summed E-state index contributed by atoms with van der Waals surface area (Å²) in [5.74, 6) is -0.595. The first-order valence-corrected chi connectivity index (χ1v) is 14.8. The predicted molar refractivity (Wildman–Crippen MR) is 177 cm³/mol. The number of benzene rings is 3. The highest BCUT2D eigenvalue weighted by molar-refractivity contribution is 6.05. The average Bonchev–Trinajstić information content (AvgIpc) is 3.54. The molecule has 5 rings (SSSR count). The zero-order valence-electron chi connectivity index (χ0n) is 26.0. The molecule has 3 aromatic rings. The molecule has 0 bridgehead atoms. The Morgan fingerprint density at radius 2 is 1.69 bits per heavy atom. The molecule has 0 aliphatic carbocycles. The molecule has 11 heteroatoms. The highest BCUT2D eigenvalue weighted by Gasteiger charge is 2.47. The van der Waals surface area contributed by atoms with Gasteiger partial charge >= 0.3 is 6.03 Å². The number of hydrogen-bond acceptors (Lipinski definition) is 7. The number of rotatable bonds is 10. The Morgan fingerprint density at radius 3 is 2.38 bits per heavy atom. The fourth-order valence-corrected chi connectivity index (χ4v) is 5.59.